The number of hydrogen-bond acceptors (Lipinski definition) is 14. The molecular formula is C38H58N8O14. The van der Waals surface area contributed by atoms with Crippen LogP contribution in [-0.4, -0.2) is 153 Å². The summed E-state index contributed by atoms with van der Waals surface area (Å²) in [5, 5.41) is 15.4. The fourth-order valence-electron chi connectivity index (χ4n) is 5.01. The molecule has 0 aromatic rings. The Morgan fingerprint density at radius 1 is 0.567 bits per heavy atom. The van der Waals surface area contributed by atoms with Gasteiger partial charge in [-0.15, -0.1) is 0 Å². The molecule has 0 spiro atoms. The Balaban J connectivity index is 0.000000698. The van der Waals surface area contributed by atoms with Crippen molar-refractivity contribution in [3.05, 3.63) is 24.3 Å². The van der Waals surface area contributed by atoms with E-state index in [2.05, 4.69) is 31.9 Å². The number of alkyl carbamates (subject to hydrolysis) is 2. The van der Waals surface area contributed by atoms with E-state index in [1.54, 1.807) is 20.8 Å². The number of carbonyl (C=O) groups excluding carboxylic acids is 11. The van der Waals surface area contributed by atoms with Crippen molar-refractivity contribution in [2.24, 2.45) is 5.92 Å². The third-order valence-electron chi connectivity index (χ3n) is 8.00. The van der Waals surface area contributed by atoms with E-state index < -0.39 is 41.9 Å². The monoisotopic (exact) mass is 850 g/mol. The highest BCUT2D eigenvalue weighted by atomic mass is 16.6. The molecule has 0 fully saturated rings. The highest BCUT2D eigenvalue weighted by Crippen LogP contribution is 2.08. The van der Waals surface area contributed by atoms with Crippen LogP contribution in [0.2, 0.25) is 0 Å². The van der Waals surface area contributed by atoms with Crippen molar-refractivity contribution in [1.82, 2.24) is 41.7 Å². The number of nitrogens with one attached hydrogen (secondary N) is 6. The maximum atomic E-state index is 12.0. The Hall–Kier alpha value is -6.19. The van der Waals surface area contributed by atoms with Gasteiger partial charge in [0.2, 0.25) is 23.6 Å². The Labute approximate surface area is 348 Å². The number of rotatable bonds is 27. The molecule has 0 aromatic carbocycles. The first-order chi connectivity index (χ1) is 28.6. The Morgan fingerprint density at radius 3 is 1.28 bits per heavy atom. The van der Waals surface area contributed by atoms with E-state index in [4.69, 9.17) is 14.2 Å². The third-order valence-corrected chi connectivity index (χ3v) is 8.00. The molecule has 60 heavy (non-hydrogen) atoms. The molecule has 0 radical (unpaired) electrons. The molecule has 2 rings (SSSR count). The quantitative estimate of drug-likeness (QED) is 0.0415. The van der Waals surface area contributed by atoms with Crippen molar-refractivity contribution in [1.29, 1.82) is 0 Å². The van der Waals surface area contributed by atoms with Gasteiger partial charge >= 0.3 is 12.2 Å². The number of nitrogens with zero attached hydrogens (tertiary/aromatic N) is 2. The van der Waals surface area contributed by atoms with Gasteiger partial charge in [-0.05, 0) is 33.1 Å². The van der Waals surface area contributed by atoms with E-state index in [1.165, 1.54) is 6.92 Å². The highest BCUT2D eigenvalue weighted by Gasteiger charge is 2.25. The maximum absolute atomic E-state index is 12.0. The number of carbonyl (C=O) groups is 11. The van der Waals surface area contributed by atoms with Gasteiger partial charge in [-0.3, -0.25) is 48.2 Å². The molecule has 0 unspecified atom stereocenters. The van der Waals surface area contributed by atoms with Gasteiger partial charge in [0.15, 0.2) is 0 Å². The molecule has 0 atom stereocenters. The lowest BCUT2D eigenvalue weighted by Gasteiger charge is -2.18. The molecule has 22 heteroatoms. The van der Waals surface area contributed by atoms with Gasteiger partial charge in [-0.25, -0.2) is 9.59 Å². The van der Waals surface area contributed by atoms with Crippen LogP contribution in [0.5, 0.6) is 0 Å². The zero-order valence-corrected chi connectivity index (χ0v) is 34.6. The van der Waals surface area contributed by atoms with Gasteiger partial charge < -0.3 is 50.9 Å². The Kier molecular flexibility index (Phi) is 25.9. The first-order valence-electron chi connectivity index (χ1n) is 19.6. The predicted octanol–water partition coefficient (Wildman–Crippen LogP) is -1.27. The Morgan fingerprint density at radius 2 is 0.933 bits per heavy atom. The van der Waals surface area contributed by atoms with Crippen LogP contribution in [0.15, 0.2) is 24.3 Å². The van der Waals surface area contributed by atoms with E-state index in [-0.39, 0.29) is 113 Å². The second-order valence-corrected chi connectivity index (χ2v) is 13.3. The van der Waals surface area contributed by atoms with Crippen LogP contribution >= 0.6 is 0 Å². The summed E-state index contributed by atoms with van der Waals surface area (Å²) in [5.74, 6) is -3.26. The lowest BCUT2D eigenvalue weighted by molar-refractivity contribution is -0.139. The minimum atomic E-state index is -0.572. The molecular weight excluding hydrogens is 792 g/mol. The molecule has 0 bridgehead atoms. The number of hydrogen-bond donors (Lipinski definition) is 6. The lowest BCUT2D eigenvalue weighted by Crippen LogP contribution is -2.38. The van der Waals surface area contributed by atoms with E-state index >= 15 is 0 Å². The van der Waals surface area contributed by atoms with Gasteiger partial charge in [0.25, 0.3) is 23.6 Å². The predicted molar refractivity (Wildman–Crippen MR) is 211 cm³/mol. The van der Waals surface area contributed by atoms with Crippen molar-refractivity contribution < 1.29 is 67.0 Å². The average molecular weight is 851 g/mol. The summed E-state index contributed by atoms with van der Waals surface area (Å²) in [7, 11) is 0. The standard InChI is InChI=1S/C24H32N6O8.C14H26N2O6/c1-16(14-19(33)27-10-8-25-17(31)6-12-29-21(35)2-3-22(29)36)15-20(34)28-11-9-26-18(32)7-13-30-23(37)4-5-24(30)38;1-4-15-13(18)21-9-12(10-22-14(19)16-5-2)20-8-6-7-11(3)17/h2-5,16H,6-15H2,1H3,(H,25,31)(H,26,32)(H,27,33)(H,28,34);12H,4-10H2,1-3H3,(H,15,18)(H,16,19). The van der Waals surface area contributed by atoms with E-state index in [9.17, 15) is 52.7 Å². The van der Waals surface area contributed by atoms with Crippen molar-refractivity contribution in [2.45, 2.75) is 72.3 Å². The van der Waals surface area contributed by atoms with Crippen LogP contribution in [0.3, 0.4) is 0 Å². The van der Waals surface area contributed by atoms with Crippen LogP contribution in [0.4, 0.5) is 9.59 Å². The number of Topliss-reactive ketones (excluding diaryl/α,β-unsaturated/α-hetero) is 1. The molecule has 2 aliphatic heterocycles. The summed E-state index contributed by atoms with van der Waals surface area (Å²) in [4.78, 5) is 129. The van der Waals surface area contributed by atoms with Gasteiger partial charge in [-0.1, -0.05) is 6.92 Å². The van der Waals surface area contributed by atoms with Gasteiger partial charge in [0.1, 0.15) is 25.1 Å². The smallest absolute Gasteiger partial charge is 0.407 e. The van der Waals surface area contributed by atoms with Gasteiger partial charge in [-0.2, -0.15) is 0 Å². The number of imide groups is 2. The number of ketones is 1. The van der Waals surface area contributed by atoms with Crippen molar-refractivity contribution in [3.63, 3.8) is 0 Å². The van der Waals surface area contributed by atoms with Crippen molar-refractivity contribution in [3.8, 4) is 0 Å². The van der Waals surface area contributed by atoms with E-state index in [0.29, 0.717) is 32.5 Å². The fourth-order valence-corrected chi connectivity index (χ4v) is 5.01. The molecule has 0 saturated carbocycles. The SMILES string of the molecule is CC(CC(=O)NCCNC(=O)CCN1C(=O)C=CC1=O)CC(=O)NCCNC(=O)CCN1C(=O)C=CC1=O.CCNC(=O)OCC(COC(=O)NCC)OCCCC(C)=O. The third kappa shape index (κ3) is 23.9. The largest absolute Gasteiger partial charge is 0.447 e. The summed E-state index contributed by atoms with van der Waals surface area (Å²) in [6.45, 7) is 8.64. The minimum absolute atomic E-state index is 0.0181. The average Bonchev–Trinajstić information content (AvgIpc) is 3.69. The lowest BCUT2D eigenvalue weighted by atomic mass is 10.0. The van der Waals surface area contributed by atoms with Crippen LogP contribution in [0, 0.1) is 5.92 Å². The van der Waals surface area contributed by atoms with Gasteiger partial charge in [0, 0.05) is 115 Å². The van der Waals surface area contributed by atoms with Crippen molar-refractivity contribution in [2.75, 3.05) is 72.2 Å². The van der Waals surface area contributed by atoms with E-state index in [1.807, 2.05) is 0 Å². The van der Waals surface area contributed by atoms with Crippen molar-refractivity contribution >= 4 is 65.2 Å². The second-order valence-electron chi connectivity index (χ2n) is 13.3. The molecule has 0 aliphatic carbocycles. The first kappa shape index (κ1) is 51.8. The maximum Gasteiger partial charge on any atom is 0.407 e. The van der Waals surface area contributed by atoms with Crippen LogP contribution in [0.25, 0.3) is 0 Å². The minimum Gasteiger partial charge on any atom is -0.447 e. The highest BCUT2D eigenvalue weighted by molar-refractivity contribution is 6.13. The topological polar surface area (TPSA) is 294 Å². The summed E-state index contributed by atoms with van der Waals surface area (Å²) in [5.41, 5.74) is 0. The van der Waals surface area contributed by atoms with Crippen LogP contribution in [-0.2, 0) is 57.4 Å². The molecule has 0 aromatic heterocycles. The summed E-state index contributed by atoms with van der Waals surface area (Å²) >= 11 is 0. The normalized spacial score (nSPS) is 12.9. The summed E-state index contributed by atoms with van der Waals surface area (Å²) in [6.07, 6.45) is 4.01. The Bertz CT molecular complexity index is 1450. The zero-order chi connectivity index (χ0) is 44.9. The summed E-state index contributed by atoms with van der Waals surface area (Å²) in [6, 6.07) is 0. The molecule has 10 amide bonds. The van der Waals surface area contributed by atoms with Gasteiger partial charge in [0.05, 0.1) is 0 Å². The second kappa shape index (κ2) is 29.9. The van der Waals surface area contributed by atoms with E-state index in [0.717, 1.165) is 34.1 Å². The zero-order valence-electron chi connectivity index (χ0n) is 34.6. The first-order valence-corrected chi connectivity index (χ1v) is 19.6. The molecule has 2 aliphatic rings. The molecule has 2 heterocycles. The molecule has 6 N–H and O–H groups in total. The fraction of sp³-hybridized carbons (Fsp3) is 0.605. The molecule has 0 saturated heterocycles. The van der Waals surface area contributed by atoms with Crippen LogP contribution < -0.4 is 31.9 Å². The molecule has 22 nitrogen and oxygen atoms in total. The number of amides is 10. The summed E-state index contributed by atoms with van der Waals surface area (Å²) < 4.78 is 15.4. The van der Waals surface area contributed by atoms with Crippen LogP contribution in [0.1, 0.15) is 66.2 Å². The molecule has 334 valence electrons. The number of ether oxygens (including phenoxy) is 3.